The zero-order valence-corrected chi connectivity index (χ0v) is 23.3. The summed E-state index contributed by atoms with van der Waals surface area (Å²) in [4.78, 5) is 40.9. The third kappa shape index (κ3) is 5.28. The Balaban J connectivity index is 1.22. The lowest BCUT2D eigenvalue weighted by molar-refractivity contribution is -0.139. The van der Waals surface area contributed by atoms with Crippen molar-refractivity contribution >= 4 is 28.5 Å². The molecule has 2 amide bonds. The van der Waals surface area contributed by atoms with Gasteiger partial charge in [-0.2, -0.15) is 10.2 Å². The van der Waals surface area contributed by atoms with E-state index < -0.39 is 30.2 Å². The number of halogens is 1. The first-order chi connectivity index (χ1) is 20.3. The fraction of sp³-hybridized carbons (Fsp3) is 0.323. The average molecular weight is 570 g/mol. The van der Waals surface area contributed by atoms with Gasteiger partial charge in [-0.15, -0.1) is 0 Å². The second-order valence-electron chi connectivity index (χ2n) is 11.0. The van der Waals surface area contributed by atoms with Gasteiger partial charge in [0.2, 0.25) is 11.8 Å². The van der Waals surface area contributed by atoms with E-state index in [1.807, 2.05) is 61.5 Å². The lowest BCUT2D eigenvalue weighted by Crippen LogP contribution is -2.53. The zero-order chi connectivity index (χ0) is 29.4. The van der Waals surface area contributed by atoms with Crippen LogP contribution >= 0.6 is 0 Å². The highest BCUT2D eigenvalue weighted by molar-refractivity contribution is 6.08. The fourth-order valence-corrected chi connectivity index (χ4v) is 6.12. The highest BCUT2D eigenvalue weighted by atomic mass is 19.1. The van der Waals surface area contributed by atoms with Crippen LogP contribution in [0.1, 0.15) is 42.1 Å². The van der Waals surface area contributed by atoms with Crippen LogP contribution in [0, 0.1) is 0 Å². The Morgan fingerprint density at radius 1 is 1.05 bits per heavy atom. The molecule has 6 rings (SSSR count). The van der Waals surface area contributed by atoms with Crippen LogP contribution in [-0.2, 0) is 16.1 Å². The van der Waals surface area contributed by atoms with E-state index in [-0.39, 0.29) is 37.3 Å². The average Bonchev–Trinajstić information content (AvgIpc) is 3.68. The van der Waals surface area contributed by atoms with Crippen LogP contribution in [0.2, 0.25) is 0 Å². The van der Waals surface area contributed by atoms with Gasteiger partial charge >= 0.3 is 0 Å². The predicted molar refractivity (Wildman–Crippen MR) is 155 cm³/mol. The standard InChI is InChI=1S/C31H32FN7O3/c1-18-29(20-6-4-3-5-7-20)30(37-36-18)35-31(42)27-13-23(32)15-39(27)28(41)17-38-16-25(19(2)40)24-12-21(8-9-26(24)38)22-10-11-33-34-14-22/h3-12,14,16,18,23,27,29-30,36-37H,13,15,17H2,1-2H3,(H,35,42)/t18?,23-,27+,29?,30?/m1/s1. The van der Waals surface area contributed by atoms with Crippen molar-refractivity contribution in [1.82, 2.24) is 35.8 Å². The first-order valence-electron chi connectivity index (χ1n) is 14.0. The van der Waals surface area contributed by atoms with Crippen LogP contribution in [0.5, 0.6) is 0 Å². The second kappa shape index (κ2) is 11.4. The number of rotatable bonds is 7. The van der Waals surface area contributed by atoms with Crippen molar-refractivity contribution < 1.29 is 18.8 Å². The summed E-state index contributed by atoms with van der Waals surface area (Å²) in [6.07, 6.45) is 3.07. The summed E-state index contributed by atoms with van der Waals surface area (Å²) in [6.45, 7) is 3.20. The Labute approximate surface area is 242 Å². The number of nitrogens with zero attached hydrogens (tertiary/aromatic N) is 4. The molecule has 2 fully saturated rings. The summed E-state index contributed by atoms with van der Waals surface area (Å²) in [5.74, 6) is -0.991. The van der Waals surface area contributed by atoms with E-state index in [0.717, 1.165) is 16.7 Å². The number of Topliss-reactive ketones (excluding diaryl/α,β-unsaturated/α-hetero) is 1. The van der Waals surface area contributed by atoms with Crippen LogP contribution in [0.15, 0.2) is 73.2 Å². The highest BCUT2D eigenvalue weighted by Gasteiger charge is 2.42. The number of carbonyl (C=O) groups is 3. The van der Waals surface area contributed by atoms with E-state index in [9.17, 15) is 18.8 Å². The minimum Gasteiger partial charge on any atom is -0.337 e. The molecule has 2 aromatic heterocycles. The summed E-state index contributed by atoms with van der Waals surface area (Å²) >= 11 is 0. The molecule has 3 N–H and O–H groups in total. The number of aromatic nitrogens is 3. The molecule has 0 radical (unpaired) electrons. The van der Waals surface area contributed by atoms with Crippen molar-refractivity contribution in [3.05, 3.63) is 84.3 Å². The van der Waals surface area contributed by atoms with E-state index in [1.165, 1.54) is 11.8 Å². The Bertz CT molecular complexity index is 1630. The van der Waals surface area contributed by atoms with Crippen molar-refractivity contribution in [2.24, 2.45) is 0 Å². The van der Waals surface area contributed by atoms with Gasteiger partial charge in [0.1, 0.15) is 24.9 Å². The van der Waals surface area contributed by atoms with Gasteiger partial charge in [0, 0.05) is 46.6 Å². The quantitative estimate of drug-likeness (QED) is 0.293. The van der Waals surface area contributed by atoms with E-state index >= 15 is 0 Å². The van der Waals surface area contributed by atoms with Gasteiger partial charge in [-0.1, -0.05) is 36.4 Å². The lowest BCUT2D eigenvalue weighted by Gasteiger charge is -2.27. The largest absolute Gasteiger partial charge is 0.337 e. The van der Waals surface area contributed by atoms with Crippen molar-refractivity contribution in [3.8, 4) is 11.1 Å². The normalized spacial score (nSPS) is 23.8. The minimum absolute atomic E-state index is 0.0424. The molecule has 0 spiro atoms. The number of hydrogen-bond acceptors (Lipinski definition) is 7. The number of benzene rings is 2. The number of likely N-dealkylation sites (tertiary alicyclic amines) is 1. The predicted octanol–water partition coefficient (Wildman–Crippen LogP) is 2.96. The molecule has 11 heteroatoms. The molecule has 2 aliphatic rings. The molecule has 5 atom stereocenters. The molecule has 216 valence electrons. The third-order valence-corrected chi connectivity index (χ3v) is 8.20. The minimum atomic E-state index is -1.31. The molecule has 10 nitrogen and oxygen atoms in total. The molecule has 2 saturated heterocycles. The van der Waals surface area contributed by atoms with Crippen molar-refractivity contribution in [3.63, 3.8) is 0 Å². The Hall–Kier alpha value is -4.48. The molecule has 2 aromatic carbocycles. The van der Waals surface area contributed by atoms with Crippen LogP contribution in [0.3, 0.4) is 0 Å². The summed E-state index contributed by atoms with van der Waals surface area (Å²) in [5.41, 5.74) is 10.2. The number of hydrazine groups is 1. The molecule has 0 aliphatic carbocycles. The first-order valence-corrected chi connectivity index (χ1v) is 14.0. The molecule has 0 bridgehead atoms. The topological polar surface area (TPSA) is 121 Å². The summed E-state index contributed by atoms with van der Waals surface area (Å²) in [5, 5.41) is 11.4. The number of hydrogen-bond donors (Lipinski definition) is 3. The van der Waals surface area contributed by atoms with Crippen LogP contribution in [-0.4, -0.2) is 68.2 Å². The number of nitrogens with one attached hydrogen (secondary N) is 3. The molecule has 42 heavy (non-hydrogen) atoms. The Kier molecular flexibility index (Phi) is 7.53. The van der Waals surface area contributed by atoms with Gasteiger partial charge in [0.05, 0.1) is 18.9 Å². The molecule has 2 aliphatic heterocycles. The highest BCUT2D eigenvalue weighted by Crippen LogP contribution is 2.30. The zero-order valence-electron chi connectivity index (χ0n) is 23.3. The number of fused-ring (bicyclic) bond motifs is 1. The van der Waals surface area contributed by atoms with E-state index in [0.29, 0.717) is 16.5 Å². The van der Waals surface area contributed by atoms with Crippen LogP contribution < -0.4 is 16.2 Å². The molecule has 3 unspecified atom stereocenters. The van der Waals surface area contributed by atoms with Gasteiger partial charge in [-0.3, -0.25) is 19.8 Å². The second-order valence-corrected chi connectivity index (χ2v) is 11.0. The SMILES string of the molecule is CC(=O)c1cn(CC(=O)N2C[C@H](F)C[C@H]2C(=O)NC2NNC(C)C2c2ccccc2)c2ccc(-c3ccnnc3)cc12. The Morgan fingerprint density at radius 3 is 2.60 bits per heavy atom. The number of carbonyl (C=O) groups excluding carboxylic acids is 3. The Morgan fingerprint density at radius 2 is 1.86 bits per heavy atom. The number of alkyl halides is 1. The molecule has 0 saturated carbocycles. The molecule has 4 aromatic rings. The van der Waals surface area contributed by atoms with E-state index in [4.69, 9.17) is 0 Å². The molecular formula is C31H32FN7O3. The number of ketones is 1. The lowest BCUT2D eigenvalue weighted by atomic mass is 9.91. The van der Waals surface area contributed by atoms with Gasteiger partial charge in [0.25, 0.3) is 0 Å². The maximum Gasteiger partial charge on any atom is 0.244 e. The van der Waals surface area contributed by atoms with Gasteiger partial charge in [-0.25, -0.2) is 9.82 Å². The molecular weight excluding hydrogens is 537 g/mol. The van der Waals surface area contributed by atoms with E-state index in [2.05, 4.69) is 26.4 Å². The van der Waals surface area contributed by atoms with Gasteiger partial charge in [0.15, 0.2) is 5.78 Å². The maximum atomic E-state index is 14.7. The van der Waals surface area contributed by atoms with E-state index in [1.54, 1.807) is 23.2 Å². The number of amides is 2. The summed E-state index contributed by atoms with van der Waals surface area (Å²) in [7, 11) is 0. The van der Waals surface area contributed by atoms with Crippen molar-refractivity contribution in [1.29, 1.82) is 0 Å². The van der Waals surface area contributed by atoms with Crippen LogP contribution in [0.4, 0.5) is 4.39 Å². The van der Waals surface area contributed by atoms with Crippen molar-refractivity contribution in [2.45, 2.75) is 57.2 Å². The smallest absolute Gasteiger partial charge is 0.244 e. The third-order valence-electron chi connectivity index (χ3n) is 8.20. The monoisotopic (exact) mass is 569 g/mol. The molecule has 4 heterocycles. The van der Waals surface area contributed by atoms with Gasteiger partial charge < -0.3 is 14.8 Å². The van der Waals surface area contributed by atoms with Crippen LogP contribution in [0.25, 0.3) is 22.0 Å². The van der Waals surface area contributed by atoms with Crippen molar-refractivity contribution in [2.75, 3.05) is 6.54 Å². The summed E-state index contributed by atoms with van der Waals surface area (Å²) in [6, 6.07) is 16.4. The van der Waals surface area contributed by atoms with Gasteiger partial charge in [-0.05, 0) is 43.2 Å². The fourth-order valence-electron chi connectivity index (χ4n) is 6.12. The first kappa shape index (κ1) is 27.7. The maximum absolute atomic E-state index is 14.7. The summed E-state index contributed by atoms with van der Waals surface area (Å²) < 4.78 is 16.4.